The first-order valence-electron chi connectivity index (χ1n) is 12.4. The van der Waals surface area contributed by atoms with E-state index < -0.39 is 0 Å². The topological polar surface area (TPSA) is 78.5 Å². The maximum atomic E-state index is 13.8. The summed E-state index contributed by atoms with van der Waals surface area (Å²) in [5, 5.41) is 5.86. The van der Waals surface area contributed by atoms with Crippen LogP contribution >= 0.6 is 0 Å². The molecule has 2 N–H and O–H groups in total. The minimum atomic E-state index is -0.379. The first-order chi connectivity index (χ1) is 15.3. The fraction of sp³-hybridized carbons (Fsp3) is 0.654. The third-order valence-electron chi connectivity index (χ3n) is 8.25. The second kappa shape index (κ2) is 8.20. The molecular weight excluding hydrogens is 402 g/mol. The number of nitrogens with zero attached hydrogens (tertiary/aromatic N) is 1. The summed E-state index contributed by atoms with van der Waals surface area (Å²) in [5.74, 6) is 2.18. The highest BCUT2D eigenvalue weighted by Gasteiger charge is 2.56. The molecule has 4 aliphatic carbocycles. The Morgan fingerprint density at radius 1 is 0.906 bits per heavy atom. The van der Waals surface area contributed by atoms with Gasteiger partial charge in [0.05, 0.1) is 5.41 Å². The quantitative estimate of drug-likeness (QED) is 0.715. The maximum Gasteiger partial charge on any atom is 0.247 e. The standard InChI is InChI=1S/C26H35N3O3/c1-16(2)23(30)27-20-5-7-21(8-6-20)28-24(31)22-4-3-9-29(22)25(32)26-13-17-10-18(14-26)12-19(11-17)15-26/h5-8,16-19,22H,3-4,9-15H2,1-2H3,(H,27,30)(H,28,31)/t17?,18?,19?,22-,26?/m0/s1. The van der Waals surface area contributed by atoms with E-state index >= 15 is 0 Å². The summed E-state index contributed by atoms with van der Waals surface area (Å²) in [5.41, 5.74) is 1.20. The summed E-state index contributed by atoms with van der Waals surface area (Å²) < 4.78 is 0. The lowest BCUT2D eigenvalue weighted by Gasteiger charge is -2.56. The van der Waals surface area contributed by atoms with Crippen molar-refractivity contribution in [2.24, 2.45) is 29.1 Å². The number of carbonyl (C=O) groups is 3. The van der Waals surface area contributed by atoms with Crippen LogP contribution in [0, 0.1) is 29.1 Å². The van der Waals surface area contributed by atoms with E-state index in [1.54, 1.807) is 24.3 Å². The number of benzene rings is 1. The highest BCUT2D eigenvalue weighted by atomic mass is 16.2. The van der Waals surface area contributed by atoms with Crippen molar-refractivity contribution in [3.63, 3.8) is 0 Å². The summed E-state index contributed by atoms with van der Waals surface area (Å²) >= 11 is 0. The fourth-order valence-electron chi connectivity index (χ4n) is 7.11. The Morgan fingerprint density at radius 2 is 1.44 bits per heavy atom. The number of carbonyl (C=O) groups excluding carboxylic acids is 3. The zero-order valence-corrected chi connectivity index (χ0v) is 19.2. The molecule has 1 atom stereocenters. The van der Waals surface area contributed by atoms with Crippen LogP contribution in [-0.4, -0.2) is 35.2 Å². The summed E-state index contributed by atoms with van der Waals surface area (Å²) in [4.78, 5) is 40.7. The molecule has 5 fully saturated rings. The Hall–Kier alpha value is -2.37. The second-order valence-corrected chi connectivity index (χ2v) is 11.1. The van der Waals surface area contributed by atoms with Crippen LogP contribution in [-0.2, 0) is 14.4 Å². The van der Waals surface area contributed by atoms with Gasteiger partial charge < -0.3 is 15.5 Å². The van der Waals surface area contributed by atoms with Crippen molar-refractivity contribution in [3.05, 3.63) is 24.3 Å². The van der Waals surface area contributed by atoms with Gasteiger partial charge in [-0.1, -0.05) is 13.8 Å². The van der Waals surface area contributed by atoms with Gasteiger partial charge in [0.25, 0.3) is 0 Å². The molecule has 32 heavy (non-hydrogen) atoms. The molecule has 1 saturated heterocycles. The lowest BCUT2D eigenvalue weighted by molar-refractivity contribution is -0.160. The third-order valence-corrected chi connectivity index (χ3v) is 8.25. The molecule has 1 heterocycles. The number of nitrogens with one attached hydrogen (secondary N) is 2. The maximum absolute atomic E-state index is 13.8. The van der Waals surface area contributed by atoms with Crippen molar-refractivity contribution in [2.45, 2.75) is 71.3 Å². The Morgan fingerprint density at radius 3 is 1.97 bits per heavy atom. The molecule has 1 aromatic rings. The molecule has 3 amide bonds. The second-order valence-electron chi connectivity index (χ2n) is 11.1. The summed E-state index contributed by atoms with van der Waals surface area (Å²) in [6.45, 7) is 4.39. The Balaban J connectivity index is 1.24. The Bertz CT molecular complexity index is 872. The highest BCUT2D eigenvalue weighted by Crippen LogP contribution is 2.60. The van der Waals surface area contributed by atoms with Gasteiger partial charge >= 0.3 is 0 Å². The molecule has 0 radical (unpaired) electrons. The lowest BCUT2D eigenvalue weighted by atomic mass is 9.49. The van der Waals surface area contributed by atoms with Gasteiger partial charge in [0.1, 0.15) is 6.04 Å². The Labute approximate surface area is 190 Å². The van der Waals surface area contributed by atoms with E-state index in [0.29, 0.717) is 17.9 Å². The average molecular weight is 438 g/mol. The summed E-state index contributed by atoms with van der Waals surface area (Å²) in [7, 11) is 0. The van der Waals surface area contributed by atoms with Gasteiger partial charge in [0, 0.05) is 23.8 Å². The van der Waals surface area contributed by atoms with Gasteiger partial charge in [-0.05, 0) is 93.4 Å². The predicted octanol–water partition coefficient (Wildman–Crippen LogP) is 4.43. The molecule has 4 saturated carbocycles. The van der Waals surface area contributed by atoms with Crippen LogP contribution in [0.3, 0.4) is 0 Å². The molecule has 0 spiro atoms. The molecule has 172 valence electrons. The molecule has 5 aliphatic rings. The smallest absolute Gasteiger partial charge is 0.247 e. The molecule has 1 aliphatic heterocycles. The van der Waals surface area contributed by atoms with Crippen LogP contribution in [0.2, 0.25) is 0 Å². The normalized spacial score (nSPS) is 32.9. The number of hydrogen-bond acceptors (Lipinski definition) is 3. The third kappa shape index (κ3) is 3.93. The van der Waals surface area contributed by atoms with Crippen LogP contribution in [0.4, 0.5) is 11.4 Å². The van der Waals surface area contributed by atoms with Crippen molar-refractivity contribution in [1.82, 2.24) is 4.90 Å². The van der Waals surface area contributed by atoms with Crippen molar-refractivity contribution >= 4 is 29.1 Å². The van der Waals surface area contributed by atoms with E-state index in [4.69, 9.17) is 0 Å². The van der Waals surface area contributed by atoms with Crippen LogP contribution in [0.5, 0.6) is 0 Å². The molecule has 0 aromatic heterocycles. The van der Waals surface area contributed by atoms with Gasteiger partial charge in [0.2, 0.25) is 17.7 Å². The van der Waals surface area contributed by atoms with Crippen LogP contribution in [0.15, 0.2) is 24.3 Å². The average Bonchev–Trinajstić information content (AvgIpc) is 3.23. The molecule has 4 bridgehead atoms. The van der Waals surface area contributed by atoms with Crippen molar-refractivity contribution < 1.29 is 14.4 Å². The fourth-order valence-corrected chi connectivity index (χ4v) is 7.11. The molecule has 6 heteroatoms. The van der Waals surface area contributed by atoms with E-state index in [1.807, 2.05) is 18.7 Å². The SMILES string of the molecule is CC(C)C(=O)Nc1ccc(NC(=O)[C@@H]2CCCN2C(=O)C23CC4CC(CC(C4)C2)C3)cc1. The minimum Gasteiger partial charge on any atom is -0.330 e. The van der Waals surface area contributed by atoms with Gasteiger partial charge in [0.15, 0.2) is 0 Å². The van der Waals surface area contributed by atoms with E-state index in [2.05, 4.69) is 10.6 Å². The summed E-state index contributed by atoms with van der Waals surface area (Å²) in [6, 6.07) is 6.81. The number of hydrogen-bond donors (Lipinski definition) is 2. The molecule has 1 aromatic carbocycles. The van der Waals surface area contributed by atoms with Crippen molar-refractivity contribution in [2.75, 3.05) is 17.2 Å². The van der Waals surface area contributed by atoms with Crippen LogP contribution in [0.25, 0.3) is 0 Å². The van der Waals surface area contributed by atoms with Crippen molar-refractivity contribution in [1.29, 1.82) is 0 Å². The largest absolute Gasteiger partial charge is 0.330 e. The first kappa shape index (κ1) is 21.5. The van der Waals surface area contributed by atoms with Gasteiger partial charge in [-0.25, -0.2) is 0 Å². The van der Waals surface area contributed by atoms with E-state index in [0.717, 1.165) is 49.9 Å². The number of rotatable bonds is 5. The van der Waals surface area contributed by atoms with E-state index in [1.165, 1.54) is 19.3 Å². The molecule has 0 unspecified atom stereocenters. The zero-order valence-electron chi connectivity index (χ0n) is 19.2. The number of likely N-dealkylation sites (tertiary alicyclic amines) is 1. The first-order valence-corrected chi connectivity index (χ1v) is 12.4. The lowest BCUT2D eigenvalue weighted by Crippen LogP contribution is -2.56. The van der Waals surface area contributed by atoms with Gasteiger partial charge in [-0.2, -0.15) is 0 Å². The van der Waals surface area contributed by atoms with E-state index in [9.17, 15) is 14.4 Å². The van der Waals surface area contributed by atoms with Crippen molar-refractivity contribution in [3.8, 4) is 0 Å². The van der Waals surface area contributed by atoms with Crippen LogP contribution < -0.4 is 10.6 Å². The number of anilines is 2. The number of amides is 3. The minimum absolute atomic E-state index is 0.0356. The van der Waals surface area contributed by atoms with Crippen LogP contribution in [0.1, 0.15) is 65.2 Å². The summed E-state index contributed by atoms with van der Waals surface area (Å²) in [6.07, 6.45) is 8.64. The molecular formula is C26H35N3O3. The highest BCUT2D eigenvalue weighted by molar-refractivity contribution is 5.99. The van der Waals surface area contributed by atoms with E-state index in [-0.39, 0.29) is 35.1 Å². The molecule has 6 rings (SSSR count). The monoisotopic (exact) mass is 437 g/mol. The predicted molar refractivity (Wildman–Crippen MR) is 124 cm³/mol. The van der Waals surface area contributed by atoms with Gasteiger partial charge in [-0.15, -0.1) is 0 Å². The molecule has 6 nitrogen and oxygen atoms in total. The Kier molecular flexibility index (Phi) is 5.50. The van der Waals surface area contributed by atoms with Gasteiger partial charge in [-0.3, -0.25) is 14.4 Å². The zero-order chi connectivity index (χ0) is 22.5.